The van der Waals surface area contributed by atoms with E-state index in [0.29, 0.717) is 0 Å². The Kier molecular flexibility index (Phi) is 5.72. The fraction of sp³-hybridized carbons (Fsp3) is 0.533. The number of amides is 1. The first-order chi connectivity index (χ1) is 10.1. The van der Waals surface area contributed by atoms with Crippen LogP contribution in [-0.4, -0.2) is 39.8 Å². The molecule has 1 rings (SSSR count). The summed E-state index contributed by atoms with van der Waals surface area (Å²) in [4.78, 5) is 12.3. The van der Waals surface area contributed by atoms with Gasteiger partial charge in [-0.05, 0) is 12.0 Å². The minimum atomic E-state index is -3.65. The van der Waals surface area contributed by atoms with Crippen LogP contribution in [0.4, 0.5) is 0 Å². The van der Waals surface area contributed by atoms with Crippen molar-refractivity contribution in [1.82, 2.24) is 4.72 Å². The van der Waals surface area contributed by atoms with Gasteiger partial charge in [0.05, 0.1) is 12.9 Å². The summed E-state index contributed by atoms with van der Waals surface area (Å²) in [6.07, 6.45) is 1.21. The molecule has 0 fully saturated rings. The molecule has 124 valence electrons. The molecule has 0 heterocycles. The third-order valence-corrected chi connectivity index (χ3v) is 4.82. The SMILES string of the molecule is CCC(NS(C)(=O)=O)(C(N)=O)C(C)(COC)c1ccccc1. The number of rotatable bonds is 8. The van der Waals surface area contributed by atoms with Crippen molar-refractivity contribution in [3.8, 4) is 0 Å². The van der Waals surface area contributed by atoms with Gasteiger partial charge in [-0.2, -0.15) is 4.72 Å². The summed E-state index contributed by atoms with van der Waals surface area (Å²) < 4.78 is 31.4. The standard InChI is InChI=1S/C15H24N2O4S/c1-5-15(13(16)18,17-22(4,19)20)14(2,11-21-3)12-9-7-6-8-10-12/h6-10,17H,5,11H2,1-4H3,(H2,16,18). The van der Waals surface area contributed by atoms with Crippen LogP contribution in [0.25, 0.3) is 0 Å². The minimum Gasteiger partial charge on any atom is -0.384 e. The van der Waals surface area contributed by atoms with Crippen LogP contribution in [0.5, 0.6) is 0 Å². The fourth-order valence-electron chi connectivity index (χ4n) is 2.94. The molecule has 7 heteroatoms. The third-order valence-electron chi connectivity index (χ3n) is 4.10. The molecule has 0 aliphatic carbocycles. The molecule has 2 atom stereocenters. The molecule has 6 nitrogen and oxygen atoms in total. The average Bonchev–Trinajstić information content (AvgIpc) is 2.44. The molecule has 0 aromatic heterocycles. The minimum absolute atomic E-state index is 0.135. The second kappa shape index (κ2) is 6.76. The number of ether oxygens (including phenoxy) is 1. The van der Waals surface area contributed by atoms with Gasteiger partial charge < -0.3 is 10.5 Å². The molecule has 0 saturated carbocycles. The topological polar surface area (TPSA) is 98.5 Å². The van der Waals surface area contributed by atoms with Crippen molar-refractivity contribution >= 4 is 15.9 Å². The molecule has 0 spiro atoms. The summed E-state index contributed by atoms with van der Waals surface area (Å²) in [6.45, 7) is 3.63. The summed E-state index contributed by atoms with van der Waals surface area (Å²) in [5, 5.41) is 0. The van der Waals surface area contributed by atoms with Gasteiger partial charge in [-0.1, -0.05) is 44.2 Å². The molecular formula is C15H24N2O4S. The summed E-state index contributed by atoms with van der Waals surface area (Å²) >= 11 is 0. The Labute approximate surface area is 132 Å². The van der Waals surface area contributed by atoms with Crippen molar-refractivity contribution in [2.45, 2.75) is 31.2 Å². The molecule has 0 saturated heterocycles. The lowest BCUT2D eigenvalue weighted by atomic mass is 9.65. The number of carbonyl (C=O) groups excluding carboxylic acids is 1. The molecule has 0 aliphatic heterocycles. The quantitative estimate of drug-likeness (QED) is 0.736. The van der Waals surface area contributed by atoms with Gasteiger partial charge in [0.15, 0.2) is 0 Å². The smallest absolute Gasteiger partial charge is 0.239 e. The monoisotopic (exact) mass is 328 g/mol. The Morgan fingerprint density at radius 1 is 1.32 bits per heavy atom. The molecule has 22 heavy (non-hydrogen) atoms. The fourth-order valence-corrected chi connectivity index (χ4v) is 4.04. The maximum atomic E-state index is 12.3. The van der Waals surface area contributed by atoms with Crippen molar-refractivity contribution in [1.29, 1.82) is 0 Å². The van der Waals surface area contributed by atoms with Gasteiger partial charge >= 0.3 is 0 Å². The Morgan fingerprint density at radius 2 is 1.86 bits per heavy atom. The highest BCUT2D eigenvalue weighted by Gasteiger charge is 2.54. The van der Waals surface area contributed by atoms with Gasteiger partial charge in [0.1, 0.15) is 5.54 Å². The second-order valence-corrected chi connectivity index (χ2v) is 7.38. The number of nitrogens with one attached hydrogen (secondary N) is 1. The number of methoxy groups -OCH3 is 1. The average molecular weight is 328 g/mol. The van der Waals surface area contributed by atoms with E-state index in [2.05, 4.69) is 4.72 Å². The lowest BCUT2D eigenvalue weighted by Gasteiger charge is -2.46. The van der Waals surface area contributed by atoms with Gasteiger partial charge in [0.25, 0.3) is 0 Å². The molecule has 3 N–H and O–H groups in total. The predicted molar refractivity (Wildman–Crippen MR) is 85.9 cm³/mol. The zero-order valence-corrected chi connectivity index (χ0v) is 14.2. The highest BCUT2D eigenvalue weighted by atomic mass is 32.2. The molecular weight excluding hydrogens is 304 g/mol. The lowest BCUT2D eigenvalue weighted by Crippen LogP contribution is -2.69. The van der Waals surface area contributed by atoms with Crippen molar-refractivity contribution in [3.63, 3.8) is 0 Å². The van der Waals surface area contributed by atoms with Gasteiger partial charge in [0.2, 0.25) is 15.9 Å². The van der Waals surface area contributed by atoms with E-state index in [4.69, 9.17) is 10.5 Å². The van der Waals surface area contributed by atoms with E-state index in [9.17, 15) is 13.2 Å². The van der Waals surface area contributed by atoms with E-state index >= 15 is 0 Å². The highest BCUT2D eigenvalue weighted by Crippen LogP contribution is 2.38. The van der Waals surface area contributed by atoms with Crippen LogP contribution >= 0.6 is 0 Å². The number of benzene rings is 1. The van der Waals surface area contributed by atoms with Crippen molar-refractivity contribution in [3.05, 3.63) is 35.9 Å². The van der Waals surface area contributed by atoms with Crippen molar-refractivity contribution in [2.75, 3.05) is 20.0 Å². The molecule has 2 unspecified atom stereocenters. The van der Waals surface area contributed by atoms with Crippen LogP contribution in [-0.2, 0) is 25.0 Å². The van der Waals surface area contributed by atoms with Crippen LogP contribution < -0.4 is 10.5 Å². The normalized spacial score (nSPS) is 17.5. The van der Waals surface area contributed by atoms with Gasteiger partial charge in [0, 0.05) is 12.5 Å². The molecule has 1 amide bonds. The number of hydrogen-bond acceptors (Lipinski definition) is 4. The summed E-state index contributed by atoms with van der Waals surface area (Å²) in [7, 11) is -2.15. The Balaban J connectivity index is 3.61. The Bertz CT molecular complexity index is 618. The molecule has 0 radical (unpaired) electrons. The predicted octanol–water partition coefficient (Wildman–Crippen LogP) is 0.774. The van der Waals surface area contributed by atoms with Crippen molar-refractivity contribution in [2.24, 2.45) is 5.73 Å². The molecule has 1 aromatic carbocycles. The molecule has 0 aliphatic rings. The van der Waals surface area contributed by atoms with E-state index in [0.717, 1.165) is 11.8 Å². The van der Waals surface area contributed by atoms with Crippen LogP contribution in [0.3, 0.4) is 0 Å². The number of sulfonamides is 1. The lowest BCUT2D eigenvalue weighted by molar-refractivity contribution is -0.127. The zero-order chi connectivity index (χ0) is 17.0. The number of primary amides is 1. The summed E-state index contributed by atoms with van der Waals surface area (Å²) in [6, 6.07) is 9.15. The van der Waals surface area contributed by atoms with Crippen LogP contribution in [0, 0.1) is 0 Å². The number of nitrogens with two attached hydrogens (primary N) is 1. The van der Waals surface area contributed by atoms with Gasteiger partial charge in [-0.3, -0.25) is 4.79 Å². The van der Waals surface area contributed by atoms with Crippen LogP contribution in [0.15, 0.2) is 30.3 Å². The molecule has 1 aromatic rings. The van der Waals surface area contributed by atoms with Crippen LogP contribution in [0.1, 0.15) is 25.8 Å². The second-order valence-electron chi connectivity index (χ2n) is 5.63. The largest absolute Gasteiger partial charge is 0.384 e. The summed E-state index contributed by atoms with van der Waals surface area (Å²) in [5.41, 5.74) is 3.95. The van der Waals surface area contributed by atoms with Gasteiger partial charge in [-0.25, -0.2) is 8.42 Å². The zero-order valence-electron chi connectivity index (χ0n) is 13.4. The Morgan fingerprint density at radius 3 is 2.23 bits per heavy atom. The van der Waals surface area contributed by atoms with E-state index < -0.39 is 26.9 Å². The summed E-state index contributed by atoms with van der Waals surface area (Å²) in [5.74, 6) is -0.733. The third kappa shape index (κ3) is 3.48. The van der Waals surface area contributed by atoms with Gasteiger partial charge in [-0.15, -0.1) is 0 Å². The van der Waals surface area contributed by atoms with E-state index in [-0.39, 0.29) is 13.0 Å². The Hall–Kier alpha value is -1.44. The molecule has 0 bridgehead atoms. The first kappa shape index (κ1) is 18.6. The number of carbonyl (C=O) groups is 1. The maximum Gasteiger partial charge on any atom is 0.239 e. The first-order valence-corrected chi connectivity index (χ1v) is 8.85. The van der Waals surface area contributed by atoms with Crippen molar-refractivity contribution < 1.29 is 17.9 Å². The number of hydrogen-bond donors (Lipinski definition) is 2. The maximum absolute atomic E-state index is 12.3. The van der Waals surface area contributed by atoms with Crippen LogP contribution in [0.2, 0.25) is 0 Å². The first-order valence-electron chi connectivity index (χ1n) is 6.96. The van der Waals surface area contributed by atoms with E-state index in [1.54, 1.807) is 13.8 Å². The van der Waals surface area contributed by atoms with E-state index in [1.165, 1.54) is 7.11 Å². The highest BCUT2D eigenvalue weighted by molar-refractivity contribution is 7.88. The van der Waals surface area contributed by atoms with E-state index in [1.807, 2.05) is 30.3 Å².